The van der Waals surface area contributed by atoms with E-state index in [0.717, 1.165) is 4.88 Å². The Morgan fingerprint density at radius 1 is 1.53 bits per heavy atom. The number of nitrogens with zero attached hydrogens (tertiary/aromatic N) is 2. The Labute approximate surface area is 117 Å². The maximum atomic E-state index is 12.0. The molecule has 0 fully saturated rings. The molecule has 0 spiro atoms. The molecule has 0 bridgehead atoms. The molecule has 0 atom stereocenters. The molecule has 98 valence electrons. The number of aryl methyl sites for hydroxylation is 1. The number of halogens is 1. The molecular weight excluding hydrogens is 290 g/mol. The van der Waals surface area contributed by atoms with Gasteiger partial charge in [0, 0.05) is 22.2 Å². The van der Waals surface area contributed by atoms with Crippen molar-refractivity contribution in [3.63, 3.8) is 0 Å². The van der Waals surface area contributed by atoms with Gasteiger partial charge in [-0.15, -0.1) is 11.3 Å². The number of benzene rings is 1. The first-order valence-corrected chi connectivity index (χ1v) is 6.34. The number of carbonyl (C=O) groups excluding carboxylic acids is 1. The minimum absolute atomic E-state index is 0.0923. The second-order valence-corrected chi connectivity index (χ2v) is 5.32. The number of hydrogen-bond acceptors (Lipinski definition) is 5. The minimum Gasteiger partial charge on any atom is -0.298 e. The van der Waals surface area contributed by atoms with Gasteiger partial charge in [0.25, 0.3) is 11.6 Å². The van der Waals surface area contributed by atoms with E-state index >= 15 is 0 Å². The summed E-state index contributed by atoms with van der Waals surface area (Å²) in [6.45, 7) is 1.84. The summed E-state index contributed by atoms with van der Waals surface area (Å²) in [6, 6.07) is 3.82. The summed E-state index contributed by atoms with van der Waals surface area (Å²) in [4.78, 5) is 27.1. The Balaban J connectivity index is 2.32. The van der Waals surface area contributed by atoms with Gasteiger partial charge < -0.3 is 0 Å². The van der Waals surface area contributed by atoms with E-state index in [1.54, 1.807) is 6.20 Å². The van der Waals surface area contributed by atoms with Gasteiger partial charge >= 0.3 is 0 Å². The first kappa shape index (κ1) is 13.4. The molecule has 0 aliphatic carbocycles. The first-order chi connectivity index (χ1) is 8.97. The largest absolute Gasteiger partial charge is 0.298 e. The molecule has 1 heterocycles. The smallest absolute Gasteiger partial charge is 0.282 e. The summed E-state index contributed by atoms with van der Waals surface area (Å²) in [5, 5.41) is 14.0. The van der Waals surface area contributed by atoms with Crippen molar-refractivity contribution < 1.29 is 9.72 Å². The molecule has 19 heavy (non-hydrogen) atoms. The van der Waals surface area contributed by atoms with Crippen LogP contribution in [0.3, 0.4) is 0 Å². The van der Waals surface area contributed by atoms with Gasteiger partial charge in [0.2, 0.25) is 0 Å². The van der Waals surface area contributed by atoms with Crippen LogP contribution in [0.5, 0.6) is 0 Å². The van der Waals surface area contributed by atoms with E-state index in [2.05, 4.69) is 10.3 Å². The van der Waals surface area contributed by atoms with Gasteiger partial charge in [0.15, 0.2) is 5.13 Å². The van der Waals surface area contributed by atoms with Crippen molar-refractivity contribution in [2.75, 3.05) is 5.32 Å². The van der Waals surface area contributed by atoms with Crippen LogP contribution < -0.4 is 5.32 Å². The molecular formula is C11H8ClN3O3S. The number of anilines is 1. The summed E-state index contributed by atoms with van der Waals surface area (Å²) < 4.78 is 0. The fourth-order valence-electron chi connectivity index (χ4n) is 1.43. The zero-order chi connectivity index (χ0) is 14.0. The highest BCUT2D eigenvalue weighted by Crippen LogP contribution is 2.24. The topological polar surface area (TPSA) is 85.1 Å². The lowest BCUT2D eigenvalue weighted by atomic mass is 10.1. The number of amides is 1. The maximum absolute atomic E-state index is 12.0. The molecule has 0 unspecified atom stereocenters. The average Bonchev–Trinajstić information content (AvgIpc) is 2.74. The third-order valence-electron chi connectivity index (χ3n) is 2.24. The van der Waals surface area contributed by atoms with E-state index in [1.165, 1.54) is 29.5 Å². The van der Waals surface area contributed by atoms with E-state index in [9.17, 15) is 14.9 Å². The Morgan fingerprint density at radius 2 is 2.26 bits per heavy atom. The SMILES string of the molecule is Cc1cnc(NC(=O)c2cc(Cl)ccc2[N+](=O)[O-])s1. The van der Waals surface area contributed by atoms with Crippen LogP contribution in [0.15, 0.2) is 24.4 Å². The number of carbonyl (C=O) groups is 1. The van der Waals surface area contributed by atoms with E-state index in [1.807, 2.05) is 6.92 Å². The predicted octanol–water partition coefficient (Wildman–Crippen LogP) is 3.27. The Kier molecular flexibility index (Phi) is 3.77. The van der Waals surface area contributed by atoms with E-state index in [0.29, 0.717) is 5.13 Å². The quantitative estimate of drug-likeness (QED) is 0.696. The summed E-state index contributed by atoms with van der Waals surface area (Å²) >= 11 is 7.04. The first-order valence-electron chi connectivity index (χ1n) is 5.15. The molecule has 0 radical (unpaired) electrons. The zero-order valence-corrected chi connectivity index (χ0v) is 11.3. The highest BCUT2D eigenvalue weighted by molar-refractivity contribution is 7.15. The van der Waals surface area contributed by atoms with Crippen LogP contribution in [-0.2, 0) is 0 Å². The van der Waals surface area contributed by atoms with Gasteiger partial charge in [0.05, 0.1) is 4.92 Å². The van der Waals surface area contributed by atoms with Gasteiger partial charge in [0.1, 0.15) is 5.56 Å². The Bertz CT molecular complexity index is 656. The summed E-state index contributed by atoms with van der Waals surface area (Å²) in [6.07, 6.45) is 1.60. The van der Waals surface area contributed by atoms with Crippen LogP contribution >= 0.6 is 22.9 Å². The highest BCUT2D eigenvalue weighted by atomic mass is 35.5. The minimum atomic E-state index is -0.627. The summed E-state index contributed by atoms with van der Waals surface area (Å²) in [5.74, 6) is -0.608. The van der Waals surface area contributed by atoms with Gasteiger partial charge in [-0.05, 0) is 19.1 Å². The number of aromatic nitrogens is 1. The van der Waals surface area contributed by atoms with Crippen LogP contribution in [0.1, 0.15) is 15.2 Å². The molecule has 0 saturated carbocycles. The molecule has 0 saturated heterocycles. The van der Waals surface area contributed by atoms with Gasteiger partial charge in [-0.3, -0.25) is 20.2 Å². The second kappa shape index (κ2) is 5.33. The van der Waals surface area contributed by atoms with Crippen molar-refractivity contribution in [1.82, 2.24) is 4.98 Å². The third-order valence-corrected chi connectivity index (χ3v) is 3.30. The van der Waals surface area contributed by atoms with Crippen LogP contribution in [0, 0.1) is 17.0 Å². The van der Waals surface area contributed by atoms with Crippen molar-refractivity contribution in [2.45, 2.75) is 6.92 Å². The molecule has 2 aromatic rings. The summed E-state index contributed by atoms with van der Waals surface area (Å²) in [7, 11) is 0. The molecule has 6 nitrogen and oxygen atoms in total. The Morgan fingerprint density at radius 3 is 2.84 bits per heavy atom. The highest BCUT2D eigenvalue weighted by Gasteiger charge is 2.21. The van der Waals surface area contributed by atoms with Crippen LogP contribution in [0.4, 0.5) is 10.8 Å². The number of thiazole rings is 1. The van der Waals surface area contributed by atoms with Crippen LogP contribution in [-0.4, -0.2) is 15.8 Å². The lowest BCUT2D eigenvalue weighted by Gasteiger charge is -2.03. The van der Waals surface area contributed by atoms with Crippen molar-refractivity contribution >= 4 is 39.7 Å². The third kappa shape index (κ3) is 3.07. The Hall–Kier alpha value is -1.99. The van der Waals surface area contributed by atoms with E-state index in [4.69, 9.17) is 11.6 Å². The zero-order valence-electron chi connectivity index (χ0n) is 9.71. The molecule has 1 amide bonds. The molecule has 1 aromatic carbocycles. The molecule has 0 aliphatic rings. The second-order valence-electron chi connectivity index (χ2n) is 3.65. The number of nitrogens with one attached hydrogen (secondary N) is 1. The van der Waals surface area contributed by atoms with Gasteiger partial charge in [-0.1, -0.05) is 11.6 Å². The number of nitro benzene ring substituents is 1. The maximum Gasteiger partial charge on any atom is 0.282 e. The molecule has 1 N–H and O–H groups in total. The number of rotatable bonds is 3. The number of nitro groups is 1. The standard InChI is InChI=1S/C11H8ClN3O3S/c1-6-5-13-11(19-6)14-10(16)8-4-7(12)2-3-9(8)15(17)18/h2-5H,1H3,(H,13,14,16). The van der Waals surface area contributed by atoms with Crippen molar-refractivity contribution in [2.24, 2.45) is 0 Å². The number of hydrogen-bond donors (Lipinski definition) is 1. The summed E-state index contributed by atoms with van der Waals surface area (Å²) in [5.41, 5.74) is -0.388. The van der Waals surface area contributed by atoms with Crippen LogP contribution in [0.2, 0.25) is 5.02 Å². The van der Waals surface area contributed by atoms with Gasteiger partial charge in [-0.25, -0.2) is 4.98 Å². The average molecular weight is 298 g/mol. The van der Waals surface area contributed by atoms with Crippen molar-refractivity contribution in [1.29, 1.82) is 0 Å². The fraction of sp³-hybridized carbons (Fsp3) is 0.0909. The fourth-order valence-corrected chi connectivity index (χ4v) is 2.26. The van der Waals surface area contributed by atoms with Crippen molar-refractivity contribution in [3.8, 4) is 0 Å². The lowest BCUT2D eigenvalue weighted by Crippen LogP contribution is -2.13. The molecule has 8 heteroatoms. The normalized spacial score (nSPS) is 10.2. The monoisotopic (exact) mass is 297 g/mol. The molecule has 2 rings (SSSR count). The predicted molar refractivity (Wildman–Crippen MR) is 72.9 cm³/mol. The van der Waals surface area contributed by atoms with E-state index in [-0.39, 0.29) is 16.3 Å². The lowest BCUT2D eigenvalue weighted by molar-refractivity contribution is -0.385. The molecule has 1 aromatic heterocycles. The van der Waals surface area contributed by atoms with Gasteiger partial charge in [-0.2, -0.15) is 0 Å². The van der Waals surface area contributed by atoms with Crippen LogP contribution in [0.25, 0.3) is 0 Å². The molecule has 0 aliphatic heterocycles. The van der Waals surface area contributed by atoms with E-state index < -0.39 is 10.8 Å². The van der Waals surface area contributed by atoms with Crippen molar-refractivity contribution in [3.05, 3.63) is 50.0 Å².